The summed E-state index contributed by atoms with van der Waals surface area (Å²) in [4.78, 5) is 24.7. The van der Waals surface area contributed by atoms with Gasteiger partial charge in [0.15, 0.2) is 0 Å². The molecular formula is C23H22ClF3N2O5. The van der Waals surface area contributed by atoms with Crippen molar-refractivity contribution in [1.29, 1.82) is 0 Å². The molecule has 34 heavy (non-hydrogen) atoms. The lowest BCUT2D eigenvalue weighted by atomic mass is 9.74. The number of methoxy groups -OCH3 is 1. The summed E-state index contributed by atoms with van der Waals surface area (Å²) in [6, 6.07) is 8.25. The molecule has 182 valence electrons. The largest absolute Gasteiger partial charge is 0.496 e. The predicted molar refractivity (Wildman–Crippen MR) is 120 cm³/mol. The molecule has 0 fully saturated rings. The predicted octanol–water partition coefficient (Wildman–Crippen LogP) is 4.76. The van der Waals surface area contributed by atoms with Crippen molar-refractivity contribution in [2.75, 3.05) is 12.4 Å². The average molecular weight is 499 g/mol. The monoisotopic (exact) mass is 498 g/mol. The maximum Gasteiger partial charge on any atom is 0.426 e. The van der Waals surface area contributed by atoms with Crippen LogP contribution in [0.4, 0.5) is 18.9 Å². The molecule has 0 aliphatic carbocycles. The van der Waals surface area contributed by atoms with E-state index in [1.54, 1.807) is 0 Å². The molecule has 0 spiro atoms. The SMILES string of the molecule is COc1ccc(Cl)cc1C(C)(C)CC(O)(C(=O)Nc1ccc2c(=O)onc(C)c2c1)C(F)(F)F. The number of anilines is 1. The molecule has 1 unspecified atom stereocenters. The number of aryl methyl sites for hydroxylation is 1. The van der Waals surface area contributed by atoms with Crippen molar-refractivity contribution in [3.05, 3.63) is 63.1 Å². The molecule has 11 heteroatoms. The zero-order valence-corrected chi connectivity index (χ0v) is 19.5. The van der Waals surface area contributed by atoms with Crippen LogP contribution >= 0.6 is 11.6 Å². The number of benzene rings is 2. The van der Waals surface area contributed by atoms with Gasteiger partial charge in [-0.3, -0.25) is 4.79 Å². The Balaban J connectivity index is 2.00. The van der Waals surface area contributed by atoms with Crippen LogP contribution in [0.25, 0.3) is 10.8 Å². The van der Waals surface area contributed by atoms with E-state index in [-0.39, 0.29) is 32.8 Å². The lowest BCUT2D eigenvalue weighted by Gasteiger charge is -2.37. The van der Waals surface area contributed by atoms with E-state index in [1.807, 2.05) is 0 Å². The highest BCUT2D eigenvalue weighted by Crippen LogP contribution is 2.44. The topological polar surface area (TPSA) is 102 Å². The molecule has 0 radical (unpaired) electrons. The first kappa shape index (κ1) is 25.5. The number of hydrogen-bond acceptors (Lipinski definition) is 6. The summed E-state index contributed by atoms with van der Waals surface area (Å²) in [6.07, 6.45) is -6.33. The molecule has 0 aliphatic rings. The molecule has 1 heterocycles. The van der Waals surface area contributed by atoms with Gasteiger partial charge in [-0.2, -0.15) is 13.2 Å². The summed E-state index contributed by atoms with van der Waals surface area (Å²) in [5.41, 5.74) is -5.36. The van der Waals surface area contributed by atoms with Crippen LogP contribution in [0.3, 0.4) is 0 Å². The minimum Gasteiger partial charge on any atom is -0.496 e. The van der Waals surface area contributed by atoms with Crippen molar-refractivity contribution in [2.45, 2.75) is 44.4 Å². The van der Waals surface area contributed by atoms with Gasteiger partial charge in [0.25, 0.3) is 5.91 Å². The normalized spacial score (nSPS) is 14.0. The second-order valence-corrected chi connectivity index (χ2v) is 8.97. The number of ether oxygens (including phenoxy) is 1. The van der Waals surface area contributed by atoms with Gasteiger partial charge < -0.3 is 19.7 Å². The quantitative estimate of drug-likeness (QED) is 0.508. The molecule has 1 aromatic heterocycles. The minimum absolute atomic E-state index is 0.0613. The number of nitrogens with one attached hydrogen (secondary N) is 1. The van der Waals surface area contributed by atoms with Crippen LogP contribution in [0.1, 0.15) is 31.5 Å². The van der Waals surface area contributed by atoms with Crippen molar-refractivity contribution >= 4 is 34.0 Å². The number of hydrogen-bond donors (Lipinski definition) is 2. The van der Waals surface area contributed by atoms with Gasteiger partial charge in [-0.15, -0.1) is 0 Å². The van der Waals surface area contributed by atoms with Crippen LogP contribution in [-0.2, 0) is 10.2 Å². The zero-order chi connectivity index (χ0) is 25.5. The lowest BCUT2D eigenvalue weighted by Crippen LogP contribution is -2.57. The number of halogens is 4. The Morgan fingerprint density at radius 3 is 2.47 bits per heavy atom. The third-order valence-electron chi connectivity index (χ3n) is 5.59. The summed E-state index contributed by atoms with van der Waals surface area (Å²) >= 11 is 6.03. The van der Waals surface area contributed by atoms with Crippen molar-refractivity contribution in [1.82, 2.24) is 5.16 Å². The van der Waals surface area contributed by atoms with Crippen LogP contribution < -0.4 is 15.7 Å². The third-order valence-corrected chi connectivity index (χ3v) is 5.82. The molecule has 1 amide bonds. The number of fused-ring (bicyclic) bond motifs is 1. The lowest BCUT2D eigenvalue weighted by molar-refractivity contribution is -0.254. The number of alkyl halides is 3. The third kappa shape index (κ3) is 4.74. The van der Waals surface area contributed by atoms with Crippen LogP contribution in [0, 0.1) is 6.92 Å². The van der Waals surface area contributed by atoms with E-state index in [0.717, 1.165) is 0 Å². The molecular weight excluding hydrogens is 477 g/mol. The maximum atomic E-state index is 14.1. The first-order valence-electron chi connectivity index (χ1n) is 10.0. The second-order valence-electron chi connectivity index (χ2n) is 8.53. The number of carbonyl (C=O) groups excluding carboxylic acids is 1. The number of nitrogens with zero attached hydrogens (tertiary/aromatic N) is 1. The fourth-order valence-corrected chi connectivity index (χ4v) is 3.97. The highest BCUT2D eigenvalue weighted by molar-refractivity contribution is 6.30. The Bertz CT molecular complexity index is 1310. The van der Waals surface area contributed by atoms with Crippen LogP contribution in [0.15, 0.2) is 45.7 Å². The molecule has 2 aromatic carbocycles. The molecule has 0 saturated carbocycles. The van der Waals surface area contributed by atoms with E-state index in [2.05, 4.69) is 15.0 Å². The van der Waals surface area contributed by atoms with Gasteiger partial charge in [-0.05, 0) is 48.7 Å². The Hall–Kier alpha value is -3.11. The first-order valence-corrected chi connectivity index (χ1v) is 10.4. The van der Waals surface area contributed by atoms with Crippen molar-refractivity contribution in [3.63, 3.8) is 0 Å². The highest BCUT2D eigenvalue weighted by Gasteiger charge is 2.61. The summed E-state index contributed by atoms with van der Waals surface area (Å²) in [7, 11) is 1.35. The molecule has 3 aromatic rings. The standard InChI is InChI=1S/C23H22ClF3N2O5/c1-12-16-10-14(6-7-15(16)19(30)34-29-12)28-20(31)22(32,23(25,26)27)11-21(2,3)17-9-13(24)5-8-18(17)33-4/h5-10,32H,11H2,1-4H3,(H,28,31). The van der Waals surface area contributed by atoms with Crippen molar-refractivity contribution in [3.8, 4) is 5.75 Å². The molecule has 2 N–H and O–H groups in total. The van der Waals surface area contributed by atoms with Gasteiger partial charge in [0.05, 0.1) is 18.2 Å². The van der Waals surface area contributed by atoms with Gasteiger partial charge in [-0.1, -0.05) is 30.6 Å². The number of amides is 1. The van der Waals surface area contributed by atoms with Crippen LogP contribution in [-0.4, -0.2) is 35.1 Å². The Labute approximate surface area is 197 Å². The summed E-state index contributed by atoms with van der Waals surface area (Å²) < 4.78 is 52.2. The van der Waals surface area contributed by atoms with E-state index in [4.69, 9.17) is 16.3 Å². The summed E-state index contributed by atoms with van der Waals surface area (Å²) in [5.74, 6) is -1.42. The smallest absolute Gasteiger partial charge is 0.426 e. The zero-order valence-electron chi connectivity index (χ0n) is 18.7. The summed E-state index contributed by atoms with van der Waals surface area (Å²) in [6.45, 7) is 4.41. The molecule has 0 aliphatic heterocycles. The van der Waals surface area contributed by atoms with Gasteiger partial charge in [0.1, 0.15) is 5.75 Å². The maximum absolute atomic E-state index is 14.1. The van der Waals surface area contributed by atoms with E-state index in [0.29, 0.717) is 5.69 Å². The second kappa shape index (κ2) is 8.92. The molecule has 1 atom stereocenters. The van der Waals surface area contributed by atoms with Gasteiger partial charge in [0.2, 0.25) is 5.60 Å². The first-order chi connectivity index (χ1) is 15.7. The number of aromatic nitrogens is 1. The molecule has 0 saturated heterocycles. The summed E-state index contributed by atoms with van der Waals surface area (Å²) in [5, 5.41) is 17.1. The van der Waals surface area contributed by atoms with Gasteiger partial charge in [0, 0.05) is 28.1 Å². The molecule has 0 bridgehead atoms. The molecule has 7 nitrogen and oxygen atoms in total. The van der Waals surface area contributed by atoms with Gasteiger partial charge >= 0.3 is 11.8 Å². The van der Waals surface area contributed by atoms with E-state index < -0.39 is 35.1 Å². The van der Waals surface area contributed by atoms with Crippen molar-refractivity contribution in [2.24, 2.45) is 0 Å². The van der Waals surface area contributed by atoms with Crippen LogP contribution in [0.5, 0.6) is 5.75 Å². The minimum atomic E-state index is -5.31. The van der Waals surface area contributed by atoms with E-state index in [1.165, 1.54) is 64.3 Å². The number of rotatable bonds is 6. The fraction of sp³-hybridized carbons (Fsp3) is 0.348. The highest BCUT2D eigenvalue weighted by atomic mass is 35.5. The van der Waals surface area contributed by atoms with Crippen molar-refractivity contribution < 1.29 is 32.3 Å². The van der Waals surface area contributed by atoms with E-state index >= 15 is 0 Å². The number of aliphatic hydroxyl groups is 1. The van der Waals surface area contributed by atoms with Gasteiger partial charge in [-0.25, -0.2) is 4.79 Å². The number of carbonyl (C=O) groups is 1. The average Bonchev–Trinajstić information content (AvgIpc) is 2.75. The Kier molecular flexibility index (Phi) is 6.69. The van der Waals surface area contributed by atoms with Crippen LogP contribution in [0.2, 0.25) is 5.02 Å². The Morgan fingerprint density at radius 1 is 1.18 bits per heavy atom. The fourth-order valence-electron chi connectivity index (χ4n) is 3.80. The molecule has 3 rings (SSSR count). The van der Waals surface area contributed by atoms with E-state index in [9.17, 15) is 27.9 Å². The Morgan fingerprint density at radius 2 is 1.85 bits per heavy atom.